The minimum Gasteiger partial charge on any atom is -0.370 e. The third-order valence-electron chi connectivity index (χ3n) is 2.49. The molecular weight excluding hydrogens is 244 g/mol. The zero-order chi connectivity index (χ0) is 13.7. The highest BCUT2D eigenvalue weighted by Gasteiger charge is 2.08. The van der Waals surface area contributed by atoms with Crippen molar-refractivity contribution >= 4 is 11.7 Å². The highest BCUT2D eigenvalue weighted by molar-refractivity contribution is 5.94. The summed E-state index contributed by atoms with van der Waals surface area (Å²) in [5, 5.41) is 9.66. The zero-order valence-corrected chi connectivity index (χ0v) is 10.9. The molecule has 6 heteroatoms. The topological polar surface area (TPSA) is 80.0 Å². The number of rotatable bonds is 5. The maximum Gasteiger partial charge on any atom is 0.251 e. The van der Waals surface area contributed by atoms with Gasteiger partial charge in [0.1, 0.15) is 17.3 Å². The highest BCUT2D eigenvalue weighted by atomic mass is 16.5. The summed E-state index contributed by atoms with van der Waals surface area (Å²) in [4.78, 5) is 16.1. The standard InChI is InChI=1S/C13H16N4O2/c1-3-14-12-7-10(4-5-15-12)13(18)16-8-11-6-9(2)19-17-11/h4-7H,3,8H2,1-2H3,(H,14,15)(H,16,18). The van der Waals surface area contributed by atoms with Gasteiger partial charge in [-0.05, 0) is 26.0 Å². The first-order valence-corrected chi connectivity index (χ1v) is 6.09. The van der Waals surface area contributed by atoms with Crippen LogP contribution in [0, 0.1) is 6.92 Å². The summed E-state index contributed by atoms with van der Waals surface area (Å²) < 4.78 is 4.93. The predicted octanol–water partition coefficient (Wildman–Crippen LogP) is 1.74. The summed E-state index contributed by atoms with van der Waals surface area (Å²) in [5.74, 6) is 1.25. The molecule has 6 nitrogen and oxygen atoms in total. The van der Waals surface area contributed by atoms with Gasteiger partial charge in [-0.1, -0.05) is 5.16 Å². The first kappa shape index (κ1) is 13.1. The number of aryl methyl sites for hydroxylation is 1. The molecule has 0 unspecified atom stereocenters. The molecule has 0 spiro atoms. The number of hydrogen-bond donors (Lipinski definition) is 2. The number of pyridine rings is 1. The Kier molecular flexibility index (Phi) is 4.12. The molecule has 0 radical (unpaired) electrons. The average Bonchev–Trinajstić information content (AvgIpc) is 2.82. The second-order valence-electron chi connectivity index (χ2n) is 4.07. The molecule has 0 saturated heterocycles. The molecule has 0 aliphatic heterocycles. The van der Waals surface area contributed by atoms with E-state index in [9.17, 15) is 4.79 Å². The number of aromatic nitrogens is 2. The smallest absolute Gasteiger partial charge is 0.251 e. The normalized spacial score (nSPS) is 10.2. The average molecular weight is 260 g/mol. The van der Waals surface area contributed by atoms with Crippen molar-refractivity contribution in [2.45, 2.75) is 20.4 Å². The molecule has 2 heterocycles. The van der Waals surface area contributed by atoms with E-state index in [4.69, 9.17) is 4.52 Å². The van der Waals surface area contributed by atoms with E-state index in [1.807, 2.05) is 13.8 Å². The van der Waals surface area contributed by atoms with Crippen molar-refractivity contribution in [2.75, 3.05) is 11.9 Å². The summed E-state index contributed by atoms with van der Waals surface area (Å²) in [6.45, 7) is 4.89. The Labute approximate surface area is 111 Å². The lowest BCUT2D eigenvalue weighted by molar-refractivity contribution is 0.0950. The molecule has 1 amide bonds. The van der Waals surface area contributed by atoms with Crippen LogP contribution < -0.4 is 10.6 Å². The van der Waals surface area contributed by atoms with Gasteiger partial charge in [0.25, 0.3) is 5.91 Å². The Balaban J connectivity index is 1.97. The highest BCUT2D eigenvalue weighted by Crippen LogP contribution is 2.07. The lowest BCUT2D eigenvalue weighted by atomic mass is 10.2. The number of carbonyl (C=O) groups excluding carboxylic acids is 1. The summed E-state index contributed by atoms with van der Waals surface area (Å²) in [7, 11) is 0. The zero-order valence-electron chi connectivity index (χ0n) is 10.9. The van der Waals surface area contributed by atoms with Crippen LogP contribution in [-0.2, 0) is 6.54 Å². The molecule has 0 saturated carbocycles. The van der Waals surface area contributed by atoms with Gasteiger partial charge in [-0.25, -0.2) is 4.98 Å². The van der Waals surface area contributed by atoms with Crippen LogP contribution in [0.25, 0.3) is 0 Å². The van der Waals surface area contributed by atoms with Gasteiger partial charge < -0.3 is 15.2 Å². The monoisotopic (exact) mass is 260 g/mol. The van der Waals surface area contributed by atoms with E-state index >= 15 is 0 Å². The lowest BCUT2D eigenvalue weighted by Gasteiger charge is -2.05. The van der Waals surface area contributed by atoms with E-state index < -0.39 is 0 Å². The van der Waals surface area contributed by atoms with E-state index in [1.165, 1.54) is 0 Å². The van der Waals surface area contributed by atoms with Gasteiger partial charge in [-0.15, -0.1) is 0 Å². The fraction of sp³-hybridized carbons (Fsp3) is 0.308. The quantitative estimate of drug-likeness (QED) is 0.856. The first-order chi connectivity index (χ1) is 9.19. The van der Waals surface area contributed by atoms with E-state index in [2.05, 4.69) is 20.8 Å². The minimum atomic E-state index is -0.165. The lowest BCUT2D eigenvalue weighted by Crippen LogP contribution is -2.23. The van der Waals surface area contributed by atoms with E-state index in [1.54, 1.807) is 24.4 Å². The van der Waals surface area contributed by atoms with Crippen LogP contribution in [0.1, 0.15) is 28.7 Å². The van der Waals surface area contributed by atoms with Crippen LogP contribution in [0.5, 0.6) is 0 Å². The molecule has 0 fully saturated rings. The number of hydrogen-bond acceptors (Lipinski definition) is 5. The summed E-state index contributed by atoms with van der Waals surface area (Å²) in [5.41, 5.74) is 1.26. The Morgan fingerprint density at radius 3 is 2.95 bits per heavy atom. The van der Waals surface area contributed by atoms with Crippen LogP contribution in [0.2, 0.25) is 0 Å². The molecule has 100 valence electrons. The van der Waals surface area contributed by atoms with Crippen molar-refractivity contribution in [1.82, 2.24) is 15.5 Å². The van der Waals surface area contributed by atoms with E-state index in [0.717, 1.165) is 12.3 Å². The SMILES string of the molecule is CCNc1cc(C(=O)NCc2cc(C)on2)ccn1. The van der Waals surface area contributed by atoms with E-state index in [0.29, 0.717) is 23.6 Å². The van der Waals surface area contributed by atoms with Crippen molar-refractivity contribution < 1.29 is 9.32 Å². The minimum absolute atomic E-state index is 0.165. The molecule has 0 aliphatic rings. The summed E-state index contributed by atoms with van der Waals surface area (Å²) in [6, 6.07) is 5.17. The van der Waals surface area contributed by atoms with Gasteiger partial charge in [-0.3, -0.25) is 4.79 Å². The fourth-order valence-corrected chi connectivity index (χ4v) is 1.62. The molecule has 0 atom stereocenters. The van der Waals surface area contributed by atoms with Gasteiger partial charge >= 0.3 is 0 Å². The largest absolute Gasteiger partial charge is 0.370 e. The van der Waals surface area contributed by atoms with Crippen LogP contribution in [0.4, 0.5) is 5.82 Å². The Bertz CT molecular complexity index is 565. The Morgan fingerprint density at radius 1 is 1.42 bits per heavy atom. The fourth-order valence-electron chi connectivity index (χ4n) is 1.62. The number of nitrogens with one attached hydrogen (secondary N) is 2. The molecule has 0 aromatic carbocycles. The number of amides is 1. The molecule has 0 aliphatic carbocycles. The summed E-state index contributed by atoms with van der Waals surface area (Å²) >= 11 is 0. The maximum atomic E-state index is 12.0. The van der Waals surface area contributed by atoms with Gasteiger partial charge in [0.15, 0.2) is 0 Å². The first-order valence-electron chi connectivity index (χ1n) is 6.09. The van der Waals surface area contributed by atoms with Crippen LogP contribution >= 0.6 is 0 Å². The van der Waals surface area contributed by atoms with Crippen molar-refractivity contribution in [2.24, 2.45) is 0 Å². The number of anilines is 1. The second-order valence-corrected chi connectivity index (χ2v) is 4.07. The molecular formula is C13H16N4O2. The summed E-state index contributed by atoms with van der Waals surface area (Å²) in [6.07, 6.45) is 1.60. The van der Waals surface area contributed by atoms with Crippen molar-refractivity contribution in [3.8, 4) is 0 Å². The molecule has 2 N–H and O–H groups in total. The van der Waals surface area contributed by atoms with Crippen molar-refractivity contribution in [1.29, 1.82) is 0 Å². The Morgan fingerprint density at radius 2 is 2.26 bits per heavy atom. The van der Waals surface area contributed by atoms with Gasteiger partial charge in [-0.2, -0.15) is 0 Å². The number of carbonyl (C=O) groups is 1. The van der Waals surface area contributed by atoms with Gasteiger partial charge in [0.2, 0.25) is 0 Å². The van der Waals surface area contributed by atoms with Gasteiger partial charge in [0, 0.05) is 24.4 Å². The predicted molar refractivity (Wildman–Crippen MR) is 70.8 cm³/mol. The van der Waals surface area contributed by atoms with Crippen LogP contribution in [0.15, 0.2) is 28.9 Å². The second kappa shape index (κ2) is 5.99. The van der Waals surface area contributed by atoms with Crippen LogP contribution in [0.3, 0.4) is 0 Å². The molecule has 19 heavy (non-hydrogen) atoms. The molecule has 2 aromatic rings. The Hall–Kier alpha value is -2.37. The number of nitrogens with zero attached hydrogens (tertiary/aromatic N) is 2. The van der Waals surface area contributed by atoms with E-state index in [-0.39, 0.29) is 5.91 Å². The third kappa shape index (κ3) is 3.54. The molecule has 2 rings (SSSR count). The third-order valence-corrected chi connectivity index (χ3v) is 2.49. The maximum absolute atomic E-state index is 12.0. The molecule has 2 aromatic heterocycles. The van der Waals surface area contributed by atoms with Crippen LogP contribution in [-0.4, -0.2) is 22.6 Å². The van der Waals surface area contributed by atoms with Crippen molar-refractivity contribution in [3.63, 3.8) is 0 Å². The molecule has 0 bridgehead atoms. The van der Waals surface area contributed by atoms with Crippen molar-refractivity contribution in [3.05, 3.63) is 41.4 Å². The van der Waals surface area contributed by atoms with Gasteiger partial charge in [0.05, 0.1) is 6.54 Å².